The number of benzene rings is 1. The molecule has 2 aromatic rings. The Hall–Kier alpha value is -2.31. The van der Waals surface area contributed by atoms with Crippen LogP contribution in [0.15, 0.2) is 24.3 Å². The van der Waals surface area contributed by atoms with Crippen molar-refractivity contribution in [1.29, 1.82) is 0 Å². The Morgan fingerprint density at radius 2 is 1.86 bits per heavy atom. The smallest absolute Gasteiger partial charge is 0.433 e. The van der Waals surface area contributed by atoms with Gasteiger partial charge in [-0.2, -0.15) is 13.2 Å². The predicted octanol–water partition coefficient (Wildman–Crippen LogP) is 3.52. The summed E-state index contributed by atoms with van der Waals surface area (Å²) >= 11 is 0. The molecule has 0 aliphatic heterocycles. The number of nitrogens with zero attached hydrogens (tertiary/aromatic N) is 2. The maximum Gasteiger partial charge on any atom is 0.433 e. The molecular formula is C14H14F3N3O. The number of aromatic nitrogens is 2. The van der Waals surface area contributed by atoms with Gasteiger partial charge in [0.15, 0.2) is 5.69 Å². The van der Waals surface area contributed by atoms with E-state index in [0.717, 1.165) is 11.6 Å². The van der Waals surface area contributed by atoms with Crippen molar-refractivity contribution in [3.63, 3.8) is 0 Å². The fourth-order valence-electron chi connectivity index (χ4n) is 1.86. The summed E-state index contributed by atoms with van der Waals surface area (Å²) in [6.07, 6.45) is -4.54. The molecule has 0 bridgehead atoms. The van der Waals surface area contributed by atoms with Gasteiger partial charge in [-0.1, -0.05) is 11.6 Å². The van der Waals surface area contributed by atoms with Crippen LogP contribution in [0.3, 0.4) is 0 Å². The van der Waals surface area contributed by atoms with E-state index in [-0.39, 0.29) is 11.6 Å². The van der Waals surface area contributed by atoms with Gasteiger partial charge in [-0.15, -0.1) is 0 Å². The molecule has 1 heterocycles. The molecule has 0 saturated carbocycles. The Balaban J connectivity index is 2.66. The van der Waals surface area contributed by atoms with E-state index in [2.05, 4.69) is 15.3 Å². The van der Waals surface area contributed by atoms with Crippen LogP contribution in [0.4, 0.5) is 19.1 Å². The molecule has 0 radical (unpaired) electrons. The van der Waals surface area contributed by atoms with Crippen LogP contribution >= 0.6 is 0 Å². The molecule has 2 rings (SSSR count). The van der Waals surface area contributed by atoms with Gasteiger partial charge in [0.05, 0.1) is 12.8 Å². The second-order valence-electron chi connectivity index (χ2n) is 4.41. The van der Waals surface area contributed by atoms with Gasteiger partial charge in [0.1, 0.15) is 5.75 Å². The Morgan fingerprint density at radius 3 is 2.43 bits per heavy atom. The Kier molecular flexibility index (Phi) is 4.02. The lowest BCUT2D eigenvalue weighted by Gasteiger charge is -2.13. The lowest BCUT2D eigenvalue weighted by Crippen LogP contribution is -2.11. The molecule has 4 nitrogen and oxygen atoms in total. The second kappa shape index (κ2) is 5.59. The summed E-state index contributed by atoms with van der Waals surface area (Å²) in [6.45, 7) is 1.84. The first-order chi connectivity index (χ1) is 9.85. The van der Waals surface area contributed by atoms with Crippen LogP contribution in [0.1, 0.15) is 11.3 Å². The fraction of sp³-hybridized carbons (Fsp3) is 0.286. The molecular weight excluding hydrogens is 283 g/mol. The number of halogens is 3. The predicted molar refractivity (Wildman–Crippen MR) is 73.3 cm³/mol. The molecule has 0 fully saturated rings. The lowest BCUT2D eigenvalue weighted by molar-refractivity contribution is -0.141. The van der Waals surface area contributed by atoms with Gasteiger partial charge in [-0.3, -0.25) is 0 Å². The molecule has 0 unspecified atom stereocenters. The average molecular weight is 297 g/mol. The van der Waals surface area contributed by atoms with Crippen molar-refractivity contribution in [2.75, 3.05) is 19.5 Å². The second-order valence-corrected chi connectivity index (χ2v) is 4.41. The van der Waals surface area contributed by atoms with Crippen molar-refractivity contribution in [1.82, 2.24) is 9.97 Å². The third-order valence-corrected chi connectivity index (χ3v) is 2.87. The average Bonchev–Trinajstić information content (AvgIpc) is 2.45. The van der Waals surface area contributed by atoms with Gasteiger partial charge in [-0.05, 0) is 25.1 Å². The number of ether oxygens (including phenoxy) is 1. The van der Waals surface area contributed by atoms with E-state index in [4.69, 9.17) is 4.74 Å². The van der Waals surface area contributed by atoms with Crippen molar-refractivity contribution in [2.24, 2.45) is 0 Å². The van der Waals surface area contributed by atoms with E-state index >= 15 is 0 Å². The summed E-state index contributed by atoms with van der Waals surface area (Å²) in [5.41, 5.74) is 0.536. The van der Waals surface area contributed by atoms with Crippen LogP contribution in [0.25, 0.3) is 11.3 Å². The number of hydrogen-bond donors (Lipinski definition) is 1. The molecule has 21 heavy (non-hydrogen) atoms. The van der Waals surface area contributed by atoms with Crippen LogP contribution < -0.4 is 10.1 Å². The highest BCUT2D eigenvalue weighted by Gasteiger charge is 2.34. The van der Waals surface area contributed by atoms with Crippen molar-refractivity contribution < 1.29 is 17.9 Å². The zero-order chi connectivity index (χ0) is 15.6. The van der Waals surface area contributed by atoms with Crippen LogP contribution in [0.2, 0.25) is 0 Å². The Morgan fingerprint density at radius 1 is 1.14 bits per heavy atom. The highest BCUT2D eigenvalue weighted by atomic mass is 19.4. The summed E-state index contributed by atoms with van der Waals surface area (Å²) < 4.78 is 43.9. The summed E-state index contributed by atoms with van der Waals surface area (Å²) in [4.78, 5) is 7.52. The first-order valence-electron chi connectivity index (χ1n) is 6.14. The molecule has 0 spiro atoms. The zero-order valence-electron chi connectivity index (χ0n) is 11.7. The molecule has 0 amide bonds. The van der Waals surface area contributed by atoms with Gasteiger partial charge < -0.3 is 10.1 Å². The number of methoxy groups -OCH3 is 1. The third kappa shape index (κ3) is 3.24. The summed E-state index contributed by atoms with van der Waals surface area (Å²) in [5.74, 6) is 0.359. The molecule has 0 aliphatic carbocycles. The van der Waals surface area contributed by atoms with Crippen molar-refractivity contribution >= 4 is 5.95 Å². The van der Waals surface area contributed by atoms with E-state index in [1.165, 1.54) is 14.2 Å². The minimum Gasteiger partial charge on any atom is -0.496 e. The standard InChI is InChI=1S/C14H14F3N3O/c1-8-4-5-11(21-3)9(6-8)10-7-12(14(15,16)17)20-13(18-2)19-10/h4-7H,1-3H3,(H,18,19,20). The van der Waals surface area contributed by atoms with Crippen molar-refractivity contribution in [3.8, 4) is 17.0 Å². The largest absolute Gasteiger partial charge is 0.496 e. The van der Waals surface area contributed by atoms with Gasteiger partial charge >= 0.3 is 6.18 Å². The molecule has 1 aromatic heterocycles. The number of rotatable bonds is 3. The van der Waals surface area contributed by atoms with E-state index < -0.39 is 11.9 Å². The minimum absolute atomic E-state index is 0.0941. The molecule has 0 saturated heterocycles. The molecule has 1 aromatic carbocycles. The molecule has 1 N–H and O–H groups in total. The highest BCUT2D eigenvalue weighted by Crippen LogP contribution is 2.34. The Labute approximate surface area is 120 Å². The molecule has 0 aliphatic rings. The monoisotopic (exact) mass is 297 g/mol. The number of alkyl halides is 3. The van der Waals surface area contributed by atoms with Gasteiger partial charge in [0.25, 0.3) is 0 Å². The lowest BCUT2D eigenvalue weighted by atomic mass is 10.1. The maximum absolute atomic E-state index is 12.9. The normalized spacial score (nSPS) is 11.3. The SMILES string of the molecule is CNc1nc(-c2cc(C)ccc2OC)cc(C(F)(F)F)n1. The van der Waals surface area contributed by atoms with E-state index in [0.29, 0.717) is 11.3 Å². The van der Waals surface area contributed by atoms with Crippen molar-refractivity contribution in [2.45, 2.75) is 13.1 Å². The quantitative estimate of drug-likeness (QED) is 0.941. The fourth-order valence-corrected chi connectivity index (χ4v) is 1.86. The topological polar surface area (TPSA) is 47.0 Å². The number of nitrogens with one attached hydrogen (secondary N) is 1. The third-order valence-electron chi connectivity index (χ3n) is 2.87. The maximum atomic E-state index is 12.9. The number of anilines is 1. The van der Waals surface area contributed by atoms with E-state index in [1.807, 2.05) is 13.0 Å². The minimum atomic E-state index is -4.54. The zero-order valence-corrected chi connectivity index (χ0v) is 11.7. The summed E-state index contributed by atoms with van der Waals surface area (Å²) in [5, 5.41) is 2.54. The van der Waals surface area contributed by atoms with Gasteiger partial charge in [0.2, 0.25) is 5.95 Å². The molecule has 7 heteroatoms. The number of hydrogen-bond acceptors (Lipinski definition) is 4. The van der Waals surface area contributed by atoms with E-state index in [1.54, 1.807) is 12.1 Å². The number of aryl methyl sites for hydroxylation is 1. The van der Waals surface area contributed by atoms with Gasteiger partial charge in [-0.25, -0.2) is 9.97 Å². The highest BCUT2D eigenvalue weighted by molar-refractivity contribution is 5.69. The van der Waals surface area contributed by atoms with Crippen LogP contribution in [0.5, 0.6) is 5.75 Å². The molecule has 0 atom stereocenters. The van der Waals surface area contributed by atoms with Crippen LogP contribution in [-0.4, -0.2) is 24.1 Å². The Bertz CT molecular complexity index is 656. The van der Waals surface area contributed by atoms with Gasteiger partial charge in [0, 0.05) is 12.6 Å². The molecule has 112 valence electrons. The first kappa shape index (κ1) is 15.1. The van der Waals surface area contributed by atoms with Crippen molar-refractivity contribution in [3.05, 3.63) is 35.5 Å². The first-order valence-corrected chi connectivity index (χ1v) is 6.14. The van der Waals surface area contributed by atoms with Crippen LogP contribution in [0, 0.1) is 6.92 Å². The van der Waals surface area contributed by atoms with Crippen LogP contribution in [-0.2, 0) is 6.18 Å². The summed E-state index contributed by atoms with van der Waals surface area (Å²) in [7, 11) is 2.92. The summed E-state index contributed by atoms with van der Waals surface area (Å²) in [6, 6.07) is 6.14. The van der Waals surface area contributed by atoms with E-state index in [9.17, 15) is 13.2 Å².